The van der Waals surface area contributed by atoms with Crippen LogP contribution in [0.1, 0.15) is 32.8 Å². The van der Waals surface area contributed by atoms with Crippen molar-refractivity contribution in [3.63, 3.8) is 0 Å². The van der Waals surface area contributed by atoms with Crippen molar-refractivity contribution < 1.29 is 4.74 Å². The Hall–Kier alpha value is -1.78. The van der Waals surface area contributed by atoms with Crippen LogP contribution in [0.5, 0.6) is 0 Å². The van der Waals surface area contributed by atoms with Gasteiger partial charge in [-0.25, -0.2) is 15.8 Å². The number of nitrogens with two attached hydrogens (primary N) is 2. The van der Waals surface area contributed by atoms with Gasteiger partial charge in [0.05, 0.1) is 19.8 Å². The fourth-order valence-electron chi connectivity index (χ4n) is 2.67. The molecular weight excluding hydrogens is 434 g/mol. The van der Waals surface area contributed by atoms with Gasteiger partial charge in [-0.3, -0.25) is 5.01 Å². The number of nitrogen functional groups attached to an aromatic ring is 1. The molecule has 0 spiro atoms. The van der Waals surface area contributed by atoms with Crippen LogP contribution in [0.4, 0.5) is 17.3 Å². The zero-order chi connectivity index (χ0) is 22.6. The number of nitrogens with zero attached hydrogens (tertiary/aromatic N) is 3. The molecule has 2 aromatic rings. The van der Waals surface area contributed by atoms with E-state index < -0.39 is 0 Å². The molecule has 0 amide bonds. The van der Waals surface area contributed by atoms with Gasteiger partial charge >= 0.3 is 0 Å². The maximum Gasteiger partial charge on any atom is 0.191 e. The highest BCUT2D eigenvalue weighted by molar-refractivity contribution is 7.99. The largest absolute Gasteiger partial charge is 0.393 e. The quantitative estimate of drug-likeness (QED) is 0.109. The average molecular weight is 468 g/mol. The summed E-state index contributed by atoms with van der Waals surface area (Å²) in [5.41, 5.74) is 7.79. The monoisotopic (exact) mass is 467 g/mol. The number of thioether (sulfide) groups is 1. The van der Waals surface area contributed by atoms with E-state index in [4.69, 9.17) is 27.9 Å². The molecule has 31 heavy (non-hydrogen) atoms. The molecule has 1 aromatic carbocycles. The Morgan fingerprint density at radius 1 is 1.16 bits per heavy atom. The lowest BCUT2D eigenvalue weighted by Crippen LogP contribution is -2.32. The third kappa shape index (κ3) is 9.08. The Labute approximate surface area is 194 Å². The molecule has 0 aliphatic rings. The highest BCUT2D eigenvalue weighted by atomic mass is 35.5. The topological polar surface area (TPSA) is 114 Å². The molecule has 0 aliphatic carbocycles. The van der Waals surface area contributed by atoms with Gasteiger partial charge in [-0.05, 0) is 24.1 Å². The zero-order valence-electron chi connectivity index (χ0n) is 18.5. The predicted molar refractivity (Wildman–Crippen MR) is 132 cm³/mol. The SMILES string of the molecule is CCCSc1nc(NCCOCCNC(C)C)c(N)c(N(N)Cc2ccc(Cl)cc2)n1. The van der Waals surface area contributed by atoms with Crippen molar-refractivity contribution in [2.75, 3.05) is 48.1 Å². The van der Waals surface area contributed by atoms with Crippen LogP contribution in [0.2, 0.25) is 5.02 Å². The van der Waals surface area contributed by atoms with Gasteiger partial charge in [-0.1, -0.05) is 56.3 Å². The van der Waals surface area contributed by atoms with Crippen molar-refractivity contribution >= 4 is 40.7 Å². The van der Waals surface area contributed by atoms with Crippen LogP contribution in [-0.2, 0) is 11.3 Å². The molecular formula is C21H34ClN7OS. The van der Waals surface area contributed by atoms with E-state index in [1.807, 2.05) is 24.3 Å². The van der Waals surface area contributed by atoms with Crippen LogP contribution >= 0.6 is 23.4 Å². The maximum absolute atomic E-state index is 6.36. The minimum absolute atomic E-state index is 0.416. The first kappa shape index (κ1) is 25.5. The van der Waals surface area contributed by atoms with Crippen molar-refractivity contribution in [3.8, 4) is 0 Å². The molecule has 0 bridgehead atoms. The minimum atomic E-state index is 0.416. The highest BCUT2D eigenvalue weighted by Gasteiger charge is 2.16. The second-order valence-electron chi connectivity index (χ2n) is 7.34. The first-order chi connectivity index (χ1) is 14.9. The first-order valence-electron chi connectivity index (χ1n) is 10.5. The number of aromatic nitrogens is 2. The summed E-state index contributed by atoms with van der Waals surface area (Å²) in [5.74, 6) is 8.30. The third-order valence-corrected chi connectivity index (χ3v) is 5.52. The van der Waals surface area contributed by atoms with Gasteiger partial charge in [0.2, 0.25) is 0 Å². The summed E-state index contributed by atoms with van der Waals surface area (Å²) >= 11 is 7.55. The lowest BCUT2D eigenvalue weighted by Gasteiger charge is -2.21. The molecule has 0 unspecified atom stereocenters. The van der Waals surface area contributed by atoms with Gasteiger partial charge in [0.15, 0.2) is 16.8 Å². The summed E-state index contributed by atoms with van der Waals surface area (Å²) in [4.78, 5) is 9.17. The number of rotatable bonds is 14. The maximum atomic E-state index is 6.36. The number of hydrazine groups is 1. The number of halogens is 1. The van der Waals surface area contributed by atoms with Gasteiger partial charge in [-0.15, -0.1) is 0 Å². The Morgan fingerprint density at radius 2 is 1.87 bits per heavy atom. The molecule has 6 N–H and O–H groups in total. The van der Waals surface area contributed by atoms with Crippen molar-refractivity contribution in [2.45, 2.75) is 44.9 Å². The second-order valence-corrected chi connectivity index (χ2v) is 8.84. The Kier molecular flexibility index (Phi) is 11.2. The van der Waals surface area contributed by atoms with Crippen molar-refractivity contribution in [1.82, 2.24) is 15.3 Å². The Morgan fingerprint density at radius 3 is 2.55 bits per heavy atom. The van der Waals surface area contributed by atoms with Gasteiger partial charge in [0.1, 0.15) is 5.69 Å². The molecule has 2 rings (SSSR count). The summed E-state index contributed by atoms with van der Waals surface area (Å²) in [7, 11) is 0. The standard InChI is InChI=1S/C21H34ClN7OS/c1-4-13-31-21-27-19(26-10-12-30-11-9-25-15(2)3)18(23)20(28-21)29(24)14-16-5-7-17(22)8-6-16/h5-8,15,25H,4,9-14,23-24H2,1-3H3,(H,26,27,28). The molecule has 1 aromatic heterocycles. The normalized spacial score (nSPS) is 11.2. The van der Waals surface area contributed by atoms with E-state index in [0.29, 0.717) is 59.8 Å². The summed E-state index contributed by atoms with van der Waals surface area (Å²) in [6, 6.07) is 7.97. The second kappa shape index (κ2) is 13.6. The number of benzene rings is 1. The van der Waals surface area contributed by atoms with E-state index in [1.54, 1.807) is 11.8 Å². The van der Waals surface area contributed by atoms with Gasteiger partial charge in [0.25, 0.3) is 0 Å². The smallest absolute Gasteiger partial charge is 0.191 e. The Balaban J connectivity index is 2.04. The molecule has 0 atom stereocenters. The van der Waals surface area contributed by atoms with Gasteiger partial charge < -0.3 is 21.1 Å². The number of anilines is 3. The molecule has 0 saturated carbocycles. The molecule has 0 aliphatic heterocycles. The van der Waals surface area contributed by atoms with E-state index in [0.717, 1.165) is 24.3 Å². The summed E-state index contributed by atoms with van der Waals surface area (Å²) in [5, 5.41) is 9.44. The van der Waals surface area contributed by atoms with E-state index in [-0.39, 0.29) is 0 Å². The van der Waals surface area contributed by atoms with Gasteiger partial charge in [0, 0.05) is 29.9 Å². The zero-order valence-corrected chi connectivity index (χ0v) is 20.1. The van der Waals surface area contributed by atoms with E-state index in [2.05, 4.69) is 41.4 Å². The fourth-order valence-corrected chi connectivity index (χ4v) is 3.49. The molecule has 8 nitrogen and oxygen atoms in total. The van der Waals surface area contributed by atoms with Crippen LogP contribution < -0.4 is 27.2 Å². The van der Waals surface area contributed by atoms with Crippen LogP contribution in [0.15, 0.2) is 29.4 Å². The van der Waals surface area contributed by atoms with Crippen LogP contribution in [-0.4, -0.2) is 48.1 Å². The lowest BCUT2D eigenvalue weighted by molar-refractivity contribution is 0.144. The molecule has 172 valence electrons. The van der Waals surface area contributed by atoms with Crippen molar-refractivity contribution in [2.24, 2.45) is 5.84 Å². The molecule has 0 radical (unpaired) electrons. The lowest BCUT2D eigenvalue weighted by atomic mass is 10.2. The summed E-state index contributed by atoms with van der Waals surface area (Å²) < 4.78 is 5.65. The molecule has 1 heterocycles. The highest BCUT2D eigenvalue weighted by Crippen LogP contribution is 2.30. The van der Waals surface area contributed by atoms with Crippen LogP contribution in [0, 0.1) is 0 Å². The van der Waals surface area contributed by atoms with E-state index in [1.165, 1.54) is 5.01 Å². The fraction of sp³-hybridized carbons (Fsp3) is 0.524. The number of hydrogen-bond donors (Lipinski definition) is 4. The predicted octanol–water partition coefficient (Wildman–Crippen LogP) is 3.52. The van der Waals surface area contributed by atoms with E-state index in [9.17, 15) is 0 Å². The minimum Gasteiger partial charge on any atom is -0.393 e. The Bertz CT molecular complexity index is 792. The number of ether oxygens (including phenoxy) is 1. The number of nitrogens with one attached hydrogen (secondary N) is 2. The van der Waals surface area contributed by atoms with Crippen LogP contribution in [0.3, 0.4) is 0 Å². The molecule has 0 saturated heterocycles. The average Bonchev–Trinajstić information content (AvgIpc) is 2.74. The van der Waals surface area contributed by atoms with Crippen molar-refractivity contribution in [1.29, 1.82) is 0 Å². The summed E-state index contributed by atoms with van der Waals surface area (Å²) in [6.07, 6.45) is 1.02. The number of hydrogen-bond acceptors (Lipinski definition) is 9. The van der Waals surface area contributed by atoms with Crippen LogP contribution in [0.25, 0.3) is 0 Å². The third-order valence-electron chi connectivity index (χ3n) is 4.22. The molecule has 0 fully saturated rings. The molecule has 10 heteroatoms. The van der Waals surface area contributed by atoms with Gasteiger partial charge in [-0.2, -0.15) is 0 Å². The van der Waals surface area contributed by atoms with E-state index >= 15 is 0 Å². The summed E-state index contributed by atoms with van der Waals surface area (Å²) in [6.45, 7) is 9.39. The first-order valence-corrected chi connectivity index (χ1v) is 11.9. The van der Waals surface area contributed by atoms with Crippen molar-refractivity contribution in [3.05, 3.63) is 34.9 Å².